The van der Waals surface area contributed by atoms with Gasteiger partial charge in [0, 0.05) is 12.4 Å². The highest BCUT2D eigenvalue weighted by Gasteiger charge is 1.97. The molecule has 0 radical (unpaired) electrons. The highest BCUT2D eigenvalue weighted by atomic mass is 14.6. The molecule has 0 aliphatic rings. The van der Waals surface area contributed by atoms with E-state index in [-0.39, 0.29) is 0 Å². The Morgan fingerprint density at radius 1 is 1.07 bits per heavy atom. The second-order valence-electron chi connectivity index (χ2n) is 3.36. The van der Waals surface area contributed by atoms with Gasteiger partial charge in [-0.2, -0.15) is 5.26 Å². The maximum Gasteiger partial charge on any atom is 0.101 e. The SMILES string of the molecule is N#Cc1cncc(Cc2ccccc2)c1. The summed E-state index contributed by atoms with van der Waals surface area (Å²) in [4.78, 5) is 4.03. The molecule has 2 rings (SSSR count). The summed E-state index contributed by atoms with van der Waals surface area (Å²) in [6, 6.07) is 14.1. The molecule has 72 valence electrons. The van der Waals surface area contributed by atoms with E-state index in [4.69, 9.17) is 5.26 Å². The van der Waals surface area contributed by atoms with Crippen LogP contribution in [0.5, 0.6) is 0 Å². The van der Waals surface area contributed by atoms with Crippen LogP contribution in [0, 0.1) is 11.3 Å². The zero-order valence-electron chi connectivity index (χ0n) is 8.22. The first-order valence-electron chi connectivity index (χ1n) is 4.76. The van der Waals surface area contributed by atoms with Gasteiger partial charge in [-0.1, -0.05) is 30.3 Å². The lowest BCUT2D eigenvalue weighted by atomic mass is 10.1. The summed E-state index contributed by atoms with van der Waals surface area (Å²) in [6.45, 7) is 0. The largest absolute Gasteiger partial charge is 0.263 e. The molecule has 2 nitrogen and oxygen atoms in total. The minimum Gasteiger partial charge on any atom is -0.263 e. The third kappa shape index (κ3) is 2.41. The van der Waals surface area contributed by atoms with Gasteiger partial charge >= 0.3 is 0 Å². The summed E-state index contributed by atoms with van der Waals surface area (Å²) in [5.74, 6) is 0. The summed E-state index contributed by atoms with van der Waals surface area (Å²) < 4.78 is 0. The van der Waals surface area contributed by atoms with Crippen LogP contribution in [0.15, 0.2) is 48.8 Å². The van der Waals surface area contributed by atoms with Crippen molar-refractivity contribution in [3.05, 3.63) is 65.5 Å². The molecule has 1 aromatic carbocycles. The number of aromatic nitrogens is 1. The molecule has 2 heteroatoms. The molecule has 1 heterocycles. The van der Waals surface area contributed by atoms with Crippen molar-refractivity contribution in [1.29, 1.82) is 5.26 Å². The van der Waals surface area contributed by atoms with Crippen LogP contribution in [0.25, 0.3) is 0 Å². The molecule has 0 saturated heterocycles. The molecule has 0 unspecified atom stereocenters. The standard InChI is InChI=1S/C13H10N2/c14-8-13-7-12(9-15-10-13)6-11-4-2-1-3-5-11/h1-5,7,9-10H,6H2. The Morgan fingerprint density at radius 3 is 2.60 bits per heavy atom. The molecule has 0 aliphatic heterocycles. The predicted octanol–water partition coefficient (Wildman–Crippen LogP) is 2.54. The van der Waals surface area contributed by atoms with E-state index in [1.807, 2.05) is 24.3 Å². The Kier molecular flexibility index (Phi) is 2.75. The number of nitrogens with zero attached hydrogens (tertiary/aromatic N) is 2. The second kappa shape index (κ2) is 4.39. The summed E-state index contributed by atoms with van der Waals surface area (Å²) in [5.41, 5.74) is 2.91. The van der Waals surface area contributed by atoms with E-state index in [1.165, 1.54) is 5.56 Å². The molecule has 0 saturated carbocycles. The minimum atomic E-state index is 0.614. The van der Waals surface area contributed by atoms with Gasteiger partial charge in [-0.05, 0) is 23.6 Å². The number of nitriles is 1. The van der Waals surface area contributed by atoms with Gasteiger partial charge in [-0.3, -0.25) is 4.98 Å². The van der Waals surface area contributed by atoms with Gasteiger partial charge in [0.05, 0.1) is 5.56 Å². The van der Waals surface area contributed by atoms with Crippen LogP contribution in [0.4, 0.5) is 0 Å². The van der Waals surface area contributed by atoms with E-state index in [0.717, 1.165) is 12.0 Å². The van der Waals surface area contributed by atoms with Crippen LogP contribution in [0.1, 0.15) is 16.7 Å². The smallest absolute Gasteiger partial charge is 0.101 e. The number of benzene rings is 1. The lowest BCUT2D eigenvalue weighted by Crippen LogP contribution is -1.90. The monoisotopic (exact) mass is 194 g/mol. The first-order valence-corrected chi connectivity index (χ1v) is 4.76. The fraction of sp³-hybridized carbons (Fsp3) is 0.0769. The maximum atomic E-state index is 8.74. The summed E-state index contributed by atoms with van der Waals surface area (Å²) in [5, 5.41) is 8.74. The molecular formula is C13H10N2. The van der Waals surface area contributed by atoms with Gasteiger partial charge in [0.25, 0.3) is 0 Å². The quantitative estimate of drug-likeness (QED) is 0.736. The Balaban J connectivity index is 2.22. The van der Waals surface area contributed by atoms with E-state index < -0.39 is 0 Å². The van der Waals surface area contributed by atoms with Crippen LogP contribution in [0.3, 0.4) is 0 Å². The topological polar surface area (TPSA) is 36.7 Å². The minimum absolute atomic E-state index is 0.614. The molecule has 0 aliphatic carbocycles. The molecule has 1 aromatic heterocycles. The van der Waals surface area contributed by atoms with Crippen molar-refractivity contribution in [3.63, 3.8) is 0 Å². The molecular weight excluding hydrogens is 184 g/mol. The molecule has 0 fully saturated rings. The fourth-order valence-corrected chi connectivity index (χ4v) is 1.48. The first kappa shape index (κ1) is 9.42. The molecule has 2 aromatic rings. The number of hydrogen-bond donors (Lipinski definition) is 0. The Morgan fingerprint density at radius 2 is 1.87 bits per heavy atom. The lowest BCUT2D eigenvalue weighted by molar-refractivity contribution is 1.14. The van der Waals surface area contributed by atoms with E-state index in [0.29, 0.717) is 5.56 Å². The average Bonchev–Trinajstić information content (AvgIpc) is 2.31. The van der Waals surface area contributed by atoms with Gasteiger partial charge in [0.15, 0.2) is 0 Å². The normalized spacial score (nSPS) is 9.53. The highest BCUT2D eigenvalue weighted by Crippen LogP contribution is 2.09. The zero-order valence-corrected chi connectivity index (χ0v) is 8.22. The van der Waals surface area contributed by atoms with E-state index >= 15 is 0 Å². The summed E-state index contributed by atoms with van der Waals surface area (Å²) in [6.07, 6.45) is 4.20. The van der Waals surface area contributed by atoms with Crippen LogP contribution in [-0.2, 0) is 6.42 Å². The van der Waals surface area contributed by atoms with Crippen LogP contribution < -0.4 is 0 Å². The summed E-state index contributed by atoms with van der Waals surface area (Å²) in [7, 11) is 0. The van der Waals surface area contributed by atoms with Gasteiger partial charge in [-0.15, -0.1) is 0 Å². The molecule has 0 N–H and O–H groups in total. The Labute approximate surface area is 88.8 Å². The third-order valence-electron chi connectivity index (χ3n) is 2.18. The molecule has 0 atom stereocenters. The van der Waals surface area contributed by atoms with Gasteiger partial charge < -0.3 is 0 Å². The maximum absolute atomic E-state index is 8.74. The van der Waals surface area contributed by atoms with Gasteiger partial charge in [0.1, 0.15) is 6.07 Å². The number of pyridine rings is 1. The number of hydrogen-bond acceptors (Lipinski definition) is 2. The zero-order chi connectivity index (χ0) is 10.5. The highest BCUT2D eigenvalue weighted by molar-refractivity contribution is 5.32. The van der Waals surface area contributed by atoms with Crippen molar-refractivity contribution in [2.75, 3.05) is 0 Å². The second-order valence-corrected chi connectivity index (χ2v) is 3.36. The van der Waals surface area contributed by atoms with Crippen LogP contribution in [-0.4, -0.2) is 4.98 Å². The molecule has 0 amide bonds. The van der Waals surface area contributed by atoms with Crippen molar-refractivity contribution in [2.24, 2.45) is 0 Å². The first-order chi connectivity index (χ1) is 7.38. The van der Waals surface area contributed by atoms with E-state index in [1.54, 1.807) is 12.4 Å². The molecule has 15 heavy (non-hydrogen) atoms. The van der Waals surface area contributed by atoms with Crippen molar-refractivity contribution in [1.82, 2.24) is 4.98 Å². The molecule has 0 spiro atoms. The number of rotatable bonds is 2. The van der Waals surface area contributed by atoms with Crippen molar-refractivity contribution in [3.8, 4) is 6.07 Å². The predicted molar refractivity (Wildman–Crippen MR) is 58.2 cm³/mol. The van der Waals surface area contributed by atoms with Crippen LogP contribution in [0.2, 0.25) is 0 Å². The van der Waals surface area contributed by atoms with E-state index in [9.17, 15) is 0 Å². The Bertz CT molecular complexity index is 483. The lowest BCUT2D eigenvalue weighted by Gasteiger charge is -2.00. The Hall–Kier alpha value is -2.14. The average molecular weight is 194 g/mol. The third-order valence-corrected chi connectivity index (χ3v) is 2.18. The van der Waals surface area contributed by atoms with E-state index in [2.05, 4.69) is 23.2 Å². The molecule has 0 bridgehead atoms. The van der Waals surface area contributed by atoms with Crippen LogP contribution >= 0.6 is 0 Å². The van der Waals surface area contributed by atoms with Crippen molar-refractivity contribution in [2.45, 2.75) is 6.42 Å². The van der Waals surface area contributed by atoms with Gasteiger partial charge in [-0.25, -0.2) is 0 Å². The van der Waals surface area contributed by atoms with Gasteiger partial charge in [0.2, 0.25) is 0 Å². The fourth-order valence-electron chi connectivity index (χ4n) is 1.48. The van der Waals surface area contributed by atoms with Crippen molar-refractivity contribution >= 4 is 0 Å². The summed E-state index contributed by atoms with van der Waals surface area (Å²) >= 11 is 0. The van der Waals surface area contributed by atoms with Crippen molar-refractivity contribution < 1.29 is 0 Å².